The molecule has 0 spiro atoms. The number of ether oxygens (including phenoxy) is 1. The number of fused-ring (bicyclic) bond motifs is 3. The number of hydrogen-bond acceptors (Lipinski definition) is 4. The minimum Gasteiger partial charge on any atom is -0.409 e. The van der Waals surface area contributed by atoms with Crippen molar-refractivity contribution in [1.29, 1.82) is 0 Å². The Morgan fingerprint density at radius 2 is 2.37 bits per heavy atom. The standard InChI is InChI=1S/C14H18N2O2S/c1-15-14(17)18-11-5-3-4-10-12-9(6-7-16(12)2)8-19-13(10)11/h3-5,9,12H,6-8H2,1-2H3,(H,15,17)/t9-,12-/m0/s1. The third-order valence-electron chi connectivity index (χ3n) is 3.95. The summed E-state index contributed by atoms with van der Waals surface area (Å²) in [6.07, 6.45) is 0.851. The number of carbonyl (C=O) groups excluding carboxylic acids is 1. The minimum atomic E-state index is -0.407. The fraction of sp³-hybridized carbons (Fsp3) is 0.500. The zero-order chi connectivity index (χ0) is 13.4. The van der Waals surface area contributed by atoms with Gasteiger partial charge in [0.2, 0.25) is 0 Å². The van der Waals surface area contributed by atoms with Crippen LogP contribution in [0.4, 0.5) is 4.79 Å². The van der Waals surface area contributed by atoms with Crippen LogP contribution >= 0.6 is 11.8 Å². The summed E-state index contributed by atoms with van der Waals surface area (Å²) in [4.78, 5) is 14.9. The van der Waals surface area contributed by atoms with E-state index in [1.54, 1.807) is 7.05 Å². The molecule has 1 aromatic rings. The smallest absolute Gasteiger partial charge is 0.409 e. The Kier molecular flexibility index (Phi) is 3.41. The molecule has 0 radical (unpaired) electrons. The number of hydrogen-bond donors (Lipinski definition) is 1. The van der Waals surface area contributed by atoms with Gasteiger partial charge in [-0.2, -0.15) is 0 Å². The molecule has 0 aliphatic carbocycles. The van der Waals surface area contributed by atoms with Gasteiger partial charge < -0.3 is 10.1 Å². The zero-order valence-corrected chi connectivity index (χ0v) is 12.0. The van der Waals surface area contributed by atoms with Gasteiger partial charge in [0.1, 0.15) is 5.75 Å². The lowest BCUT2D eigenvalue weighted by Gasteiger charge is -2.32. The van der Waals surface area contributed by atoms with Crippen LogP contribution in [0.2, 0.25) is 0 Å². The molecule has 19 heavy (non-hydrogen) atoms. The van der Waals surface area contributed by atoms with Gasteiger partial charge in [0, 0.05) is 18.8 Å². The Labute approximate surface area is 117 Å². The highest BCUT2D eigenvalue weighted by atomic mass is 32.2. The monoisotopic (exact) mass is 278 g/mol. The Morgan fingerprint density at radius 1 is 1.53 bits per heavy atom. The van der Waals surface area contributed by atoms with E-state index in [1.165, 1.54) is 12.0 Å². The molecule has 0 bridgehead atoms. The summed E-state index contributed by atoms with van der Waals surface area (Å²) in [5.74, 6) is 2.51. The van der Waals surface area contributed by atoms with Gasteiger partial charge in [0.05, 0.1) is 4.90 Å². The number of amides is 1. The second kappa shape index (κ2) is 5.06. The van der Waals surface area contributed by atoms with Crippen molar-refractivity contribution in [3.05, 3.63) is 23.8 Å². The van der Waals surface area contributed by atoms with Gasteiger partial charge in [0.15, 0.2) is 0 Å². The maximum atomic E-state index is 11.4. The topological polar surface area (TPSA) is 41.6 Å². The number of benzene rings is 1. The van der Waals surface area contributed by atoms with E-state index < -0.39 is 6.09 Å². The lowest BCUT2D eigenvalue weighted by Crippen LogP contribution is -2.26. The number of likely N-dealkylation sites (tertiary alicyclic amines) is 1. The minimum absolute atomic E-state index is 0.407. The molecule has 1 saturated heterocycles. The molecule has 3 rings (SSSR count). The second-order valence-corrected chi connectivity index (χ2v) is 6.13. The van der Waals surface area contributed by atoms with Gasteiger partial charge in [-0.1, -0.05) is 12.1 Å². The van der Waals surface area contributed by atoms with Crippen molar-refractivity contribution in [2.45, 2.75) is 17.4 Å². The number of rotatable bonds is 1. The summed E-state index contributed by atoms with van der Waals surface area (Å²) in [5, 5.41) is 2.49. The van der Waals surface area contributed by atoms with E-state index in [2.05, 4.69) is 23.3 Å². The van der Waals surface area contributed by atoms with Crippen molar-refractivity contribution < 1.29 is 9.53 Å². The molecule has 1 fully saturated rings. The number of nitrogens with zero attached hydrogens (tertiary/aromatic N) is 1. The molecule has 1 amide bonds. The fourth-order valence-corrected chi connectivity index (χ4v) is 4.37. The van der Waals surface area contributed by atoms with Crippen LogP contribution in [0.1, 0.15) is 18.0 Å². The van der Waals surface area contributed by atoms with Gasteiger partial charge in [-0.25, -0.2) is 4.79 Å². The average Bonchev–Trinajstić information content (AvgIpc) is 2.81. The lowest BCUT2D eigenvalue weighted by atomic mass is 9.94. The largest absolute Gasteiger partial charge is 0.412 e. The second-order valence-electron chi connectivity index (χ2n) is 5.10. The molecule has 1 N–H and O–H groups in total. The van der Waals surface area contributed by atoms with Crippen molar-refractivity contribution in [1.82, 2.24) is 10.2 Å². The predicted octanol–water partition coefficient (Wildman–Crippen LogP) is 2.50. The molecule has 1 aromatic carbocycles. The predicted molar refractivity (Wildman–Crippen MR) is 75.7 cm³/mol. The summed E-state index contributed by atoms with van der Waals surface area (Å²) in [5.41, 5.74) is 1.31. The highest BCUT2D eigenvalue weighted by Crippen LogP contribution is 2.49. The maximum absolute atomic E-state index is 11.4. The fourth-order valence-electron chi connectivity index (χ4n) is 3.03. The van der Waals surface area contributed by atoms with Crippen molar-refractivity contribution >= 4 is 17.9 Å². The Balaban J connectivity index is 1.97. The van der Waals surface area contributed by atoms with Crippen LogP contribution in [-0.2, 0) is 0 Å². The third kappa shape index (κ3) is 2.21. The first-order chi connectivity index (χ1) is 9.20. The molecule has 102 valence electrons. The molecule has 2 heterocycles. The van der Waals surface area contributed by atoms with Crippen LogP contribution in [0.5, 0.6) is 5.75 Å². The van der Waals surface area contributed by atoms with Gasteiger partial charge in [-0.15, -0.1) is 11.8 Å². The molecule has 0 aromatic heterocycles. The molecule has 0 unspecified atom stereocenters. The first kappa shape index (κ1) is 12.8. The molecule has 2 aliphatic rings. The molecule has 0 saturated carbocycles. The molecular formula is C14H18N2O2S. The summed E-state index contributed by atoms with van der Waals surface area (Å²) >= 11 is 1.81. The van der Waals surface area contributed by atoms with Crippen LogP contribution < -0.4 is 10.1 Å². The first-order valence-electron chi connectivity index (χ1n) is 6.56. The van der Waals surface area contributed by atoms with Crippen LogP contribution in [0.25, 0.3) is 0 Å². The van der Waals surface area contributed by atoms with Crippen LogP contribution in [0, 0.1) is 5.92 Å². The van der Waals surface area contributed by atoms with Crippen LogP contribution in [-0.4, -0.2) is 37.4 Å². The number of thioether (sulfide) groups is 1. The van der Waals surface area contributed by atoms with Gasteiger partial charge in [-0.05, 0) is 37.6 Å². The lowest BCUT2D eigenvalue weighted by molar-refractivity contribution is 0.201. The van der Waals surface area contributed by atoms with Gasteiger partial charge in [-0.3, -0.25) is 4.90 Å². The normalized spacial score (nSPS) is 25.6. The number of nitrogens with one attached hydrogen (secondary N) is 1. The van der Waals surface area contributed by atoms with E-state index in [4.69, 9.17) is 4.74 Å². The third-order valence-corrected chi connectivity index (χ3v) is 5.27. The van der Waals surface area contributed by atoms with E-state index in [0.29, 0.717) is 11.8 Å². The molecule has 2 atom stereocenters. The van der Waals surface area contributed by atoms with E-state index >= 15 is 0 Å². The highest BCUT2D eigenvalue weighted by Gasteiger charge is 2.38. The molecule has 4 nitrogen and oxygen atoms in total. The van der Waals surface area contributed by atoms with E-state index in [0.717, 1.165) is 23.1 Å². The zero-order valence-electron chi connectivity index (χ0n) is 11.2. The highest BCUT2D eigenvalue weighted by molar-refractivity contribution is 7.99. The summed E-state index contributed by atoms with van der Waals surface area (Å²) in [6, 6.07) is 6.49. The van der Waals surface area contributed by atoms with Crippen molar-refractivity contribution in [3.8, 4) is 5.75 Å². The quantitative estimate of drug-likeness (QED) is 0.857. The van der Waals surface area contributed by atoms with Crippen molar-refractivity contribution in [2.24, 2.45) is 5.92 Å². The van der Waals surface area contributed by atoms with E-state index in [9.17, 15) is 4.79 Å². The summed E-state index contributed by atoms with van der Waals surface area (Å²) in [7, 11) is 3.75. The van der Waals surface area contributed by atoms with Crippen LogP contribution in [0.3, 0.4) is 0 Å². The Bertz CT molecular complexity index is 506. The SMILES string of the molecule is CNC(=O)Oc1cccc2c1SC[C@@H]1CCN(C)[C@H]21. The summed E-state index contributed by atoms with van der Waals surface area (Å²) in [6.45, 7) is 1.15. The van der Waals surface area contributed by atoms with Crippen LogP contribution in [0.15, 0.2) is 23.1 Å². The summed E-state index contributed by atoms with van der Waals surface area (Å²) < 4.78 is 5.36. The molecule has 2 aliphatic heterocycles. The van der Waals surface area contributed by atoms with E-state index in [-0.39, 0.29) is 0 Å². The molecule has 5 heteroatoms. The van der Waals surface area contributed by atoms with Gasteiger partial charge in [0.25, 0.3) is 0 Å². The Morgan fingerprint density at radius 3 is 3.16 bits per heavy atom. The first-order valence-corrected chi connectivity index (χ1v) is 7.54. The molecular weight excluding hydrogens is 260 g/mol. The van der Waals surface area contributed by atoms with Crippen molar-refractivity contribution in [3.63, 3.8) is 0 Å². The maximum Gasteiger partial charge on any atom is 0.412 e. The van der Waals surface area contributed by atoms with Gasteiger partial charge >= 0.3 is 6.09 Å². The van der Waals surface area contributed by atoms with E-state index in [1.807, 2.05) is 23.9 Å². The average molecular weight is 278 g/mol. The Hall–Kier alpha value is -1.20. The van der Waals surface area contributed by atoms with Crippen molar-refractivity contribution in [2.75, 3.05) is 26.4 Å². The number of carbonyl (C=O) groups is 1.